The van der Waals surface area contributed by atoms with Crippen LogP contribution in [0.4, 0.5) is 10.5 Å². The lowest BCUT2D eigenvalue weighted by Crippen LogP contribution is -2.50. The summed E-state index contributed by atoms with van der Waals surface area (Å²) in [6, 6.07) is 3.68. The lowest BCUT2D eigenvalue weighted by molar-refractivity contribution is 0.0240. The number of piperazine rings is 1. The van der Waals surface area contributed by atoms with Gasteiger partial charge in [0.05, 0.1) is 5.69 Å². The van der Waals surface area contributed by atoms with E-state index in [4.69, 9.17) is 4.74 Å². The van der Waals surface area contributed by atoms with Gasteiger partial charge in [0, 0.05) is 32.4 Å². The Balaban J connectivity index is 1.97. The Hall–Kier alpha value is -2.11. The lowest BCUT2D eigenvalue weighted by Gasteiger charge is -2.36. The summed E-state index contributed by atoms with van der Waals surface area (Å²) in [6.45, 7) is 8.02. The quantitative estimate of drug-likeness (QED) is 0.779. The molecule has 0 atom stereocenters. The summed E-state index contributed by atoms with van der Waals surface area (Å²) in [4.78, 5) is 30.8. The SMILES string of the molecule is CC(C)(C)OC(=O)N1CCN(c2cccnc2C=O)CC1. The number of pyridine rings is 1. The van der Waals surface area contributed by atoms with Gasteiger partial charge in [0.1, 0.15) is 11.3 Å². The van der Waals surface area contributed by atoms with Gasteiger partial charge in [-0.2, -0.15) is 0 Å². The van der Waals surface area contributed by atoms with Crippen molar-refractivity contribution in [2.45, 2.75) is 26.4 Å². The maximum absolute atomic E-state index is 12.0. The van der Waals surface area contributed by atoms with Crippen molar-refractivity contribution in [2.24, 2.45) is 0 Å². The lowest BCUT2D eigenvalue weighted by atomic mass is 10.2. The topological polar surface area (TPSA) is 62.7 Å². The summed E-state index contributed by atoms with van der Waals surface area (Å²) in [6.07, 6.45) is 2.07. The fraction of sp³-hybridized carbons (Fsp3) is 0.533. The van der Waals surface area contributed by atoms with Gasteiger partial charge in [-0.3, -0.25) is 9.78 Å². The van der Waals surface area contributed by atoms with Crippen LogP contribution in [0.15, 0.2) is 18.3 Å². The van der Waals surface area contributed by atoms with Gasteiger partial charge in [0.25, 0.3) is 0 Å². The molecular weight excluding hydrogens is 270 g/mol. The summed E-state index contributed by atoms with van der Waals surface area (Å²) >= 11 is 0. The second-order valence-electron chi connectivity index (χ2n) is 5.98. The molecule has 1 aliphatic heterocycles. The molecule has 1 amide bonds. The van der Waals surface area contributed by atoms with E-state index in [1.54, 1.807) is 11.1 Å². The number of amides is 1. The van der Waals surface area contributed by atoms with Gasteiger partial charge in [-0.15, -0.1) is 0 Å². The number of nitrogens with zero attached hydrogens (tertiary/aromatic N) is 3. The molecule has 0 spiro atoms. The average molecular weight is 291 g/mol. The minimum absolute atomic E-state index is 0.288. The largest absolute Gasteiger partial charge is 0.444 e. The Kier molecular flexibility index (Phi) is 4.45. The Morgan fingerprint density at radius 3 is 2.52 bits per heavy atom. The highest BCUT2D eigenvalue weighted by atomic mass is 16.6. The Bertz CT molecular complexity index is 517. The van der Waals surface area contributed by atoms with Crippen molar-refractivity contribution >= 4 is 18.1 Å². The number of rotatable bonds is 2. The number of carbonyl (C=O) groups excluding carboxylic acids is 2. The van der Waals surface area contributed by atoms with E-state index in [1.807, 2.05) is 32.9 Å². The molecule has 1 aliphatic rings. The zero-order chi connectivity index (χ0) is 15.5. The molecule has 1 saturated heterocycles. The zero-order valence-electron chi connectivity index (χ0n) is 12.7. The monoisotopic (exact) mass is 291 g/mol. The third kappa shape index (κ3) is 3.93. The number of aldehydes is 1. The maximum Gasteiger partial charge on any atom is 0.410 e. The summed E-state index contributed by atoms with van der Waals surface area (Å²) in [5.41, 5.74) is 0.766. The number of anilines is 1. The zero-order valence-corrected chi connectivity index (χ0v) is 12.7. The smallest absolute Gasteiger partial charge is 0.410 e. The van der Waals surface area contributed by atoms with Crippen LogP contribution in [0.25, 0.3) is 0 Å². The Morgan fingerprint density at radius 2 is 1.95 bits per heavy atom. The molecule has 6 nitrogen and oxygen atoms in total. The standard InChI is InChI=1S/C15H21N3O3/c1-15(2,3)21-14(20)18-9-7-17(8-10-18)13-5-4-6-16-12(13)11-19/h4-6,11H,7-10H2,1-3H3. The molecule has 21 heavy (non-hydrogen) atoms. The number of carbonyl (C=O) groups is 2. The van der Waals surface area contributed by atoms with Crippen LogP contribution in [-0.2, 0) is 4.74 Å². The van der Waals surface area contributed by atoms with E-state index in [9.17, 15) is 9.59 Å². The summed E-state index contributed by atoms with van der Waals surface area (Å²) in [5, 5.41) is 0. The molecular formula is C15H21N3O3. The summed E-state index contributed by atoms with van der Waals surface area (Å²) in [7, 11) is 0. The molecule has 0 unspecified atom stereocenters. The first kappa shape index (κ1) is 15.3. The second-order valence-corrected chi connectivity index (χ2v) is 5.98. The molecule has 6 heteroatoms. The third-order valence-electron chi connectivity index (χ3n) is 3.20. The Morgan fingerprint density at radius 1 is 1.29 bits per heavy atom. The van der Waals surface area contributed by atoms with E-state index in [2.05, 4.69) is 9.88 Å². The Labute approximate surface area is 124 Å². The van der Waals surface area contributed by atoms with Crippen LogP contribution in [0.1, 0.15) is 31.3 Å². The summed E-state index contributed by atoms with van der Waals surface area (Å²) in [5.74, 6) is 0. The first-order valence-electron chi connectivity index (χ1n) is 7.04. The van der Waals surface area contributed by atoms with Crippen LogP contribution in [-0.4, -0.2) is 54.0 Å². The van der Waals surface area contributed by atoms with Crippen molar-refractivity contribution in [1.82, 2.24) is 9.88 Å². The molecule has 2 rings (SSSR count). The fourth-order valence-electron chi connectivity index (χ4n) is 2.22. The first-order valence-corrected chi connectivity index (χ1v) is 7.04. The second kappa shape index (κ2) is 6.11. The number of hydrogen-bond acceptors (Lipinski definition) is 5. The van der Waals surface area contributed by atoms with Gasteiger partial charge in [-0.05, 0) is 32.9 Å². The summed E-state index contributed by atoms with van der Waals surface area (Å²) < 4.78 is 5.36. The van der Waals surface area contributed by atoms with Gasteiger partial charge in [-0.1, -0.05) is 0 Å². The van der Waals surface area contributed by atoms with Crippen molar-refractivity contribution in [3.63, 3.8) is 0 Å². The number of ether oxygens (including phenoxy) is 1. The molecule has 0 bridgehead atoms. The average Bonchev–Trinajstić information content (AvgIpc) is 2.45. The molecule has 1 aromatic rings. The predicted octanol–water partition coefficient (Wildman–Crippen LogP) is 1.95. The third-order valence-corrected chi connectivity index (χ3v) is 3.20. The van der Waals surface area contributed by atoms with Crippen LogP contribution < -0.4 is 4.90 Å². The molecule has 1 fully saturated rings. The molecule has 0 radical (unpaired) electrons. The number of aromatic nitrogens is 1. The fourth-order valence-corrected chi connectivity index (χ4v) is 2.22. The maximum atomic E-state index is 12.0. The molecule has 114 valence electrons. The minimum atomic E-state index is -0.484. The number of hydrogen-bond donors (Lipinski definition) is 0. The van der Waals surface area contributed by atoms with Gasteiger partial charge in [0.2, 0.25) is 0 Å². The van der Waals surface area contributed by atoms with Gasteiger partial charge in [0.15, 0.2) is 6.29 Å². The molecule has 2 heterocycles. The highest BCUT2D eigenvalue weighted by Gasteiger charge is 2.26. The van der Waals surface area contributed by atoms with Crippen molar-refractivity contribution in [1.29, 1.82) is 0 Å². The van der Waals surface area contributed by atoms with Gasteiger partial charge >= 0.3 is 6.09 Å². The van der Waals surface area contributed by atoms with Crippen LogP contribution >= 0.6 is 0 Å². The molecule has 0 aromatic carbocycles. The van der Waals surface area contributed by atoms with Crippen LogP contribution in [0.5, 0.6) is 0 Å². The highest BCUT2D eigenvalue weighted by molar-refractivity contribution is 5.81. The predicted molar refractivity (Wildman–Crippen MR) is 79.6 cm³/mol. The van der Waals surface area contributed by atoms with Crippen molar-refractivity contribution < 1.29 is 14.3 Å². The van der Waals surface area contributed by atoms with E-state index in [-0.39, 0.29) is 6.09 Å². The van der Waals surface area contributed by atoms with Gasteiger partial charge < -0.3 is 14.5 Å². The van der Waals surface area contributed by atoms with Crippen molar-refractivity contribution in [2.75, 3.05) is 31.1 Å². The molecule has 0 aliphatic carbocycles. The van der Waals surface area contributed by atoms with E-state index in [0.29, 0.717) is 31.9 Å². The van der Waals surface area contributed by atoms with E-state index in [0.717, 1.165) is 12.0 Å². The molecule has 0 saturated carbocycles. The minimum Gasteiger partial charge on any atom is -0.444 e. The van der Waals surface area contributed by atoms with Gasteiger partial charge in [-0.25, -0.2) is 4.79 Å². The highest BCUT2D eigenvalue weighted by Crippen LogP contribution is 2.19. The first-order chi connectivity index (χ1) is 9.90. The van der Waals surface area contributed by atoms with Crippen LogP contribution in [0.2, 0.25) is 0 Å². The normalized spacial score (nSPS) is 15.8. The molecule has 0 N–H and O–H groups in total. The van der Waals surface area contributed by atoms with E-state index in [1.165, 1.54) is 0 Å². The van der Waals surface area contributed by atoms with Crippen molar-refractivity contribution in [3.05, 3.63) is 24.0 Å². The van der Waals surface area contributed by atoms with Crippen LogP contribution in [0, 0.1) is 0 Å². The van der Waals surface area contributed by atoms with E-state index < -0.39 is 5.60 Å². The van der Waals surface area contributed by atoms with Crippen LogP contribution in [0.3, 0.4) is 0 Å². The van der Waals surface area contributed by atoms with E-state index >= 15 is 0 Å². The molecule has 1 aromatic heterocycles. The van der Waals surface area contributed by atoms with Crippen molar-refractivity contribution in [3.8, 4) is 0 Å².